The first kappa shape index (κ1) is 32.9. The van der Waals surface area contributed by atoms with Gasteiger partial charge in [0, 0.05) is 73.2 Å². The molecule has 4 unspecified atom stereocenters. The third-order valence-electron chi connectivity index (χ3n) is 14.3. The maximum absolute atomic E-state index is 9.22. The molecule has 6 atom stereocenters. The topological polar surface area (TPSA) is 33.5 Å². The van der Waals surface area contributed by atoms with Crippen molar-refractivity contribution in [3.63, 3.8) is 0 Å². The minimum Gasteiger partial charge on any atom is -0.519 e. The molecule has 0 N–H and O–H groups in total. The molecule has 3 fully saturated rings. The maximum Gasteiger partial charge on any atom is 0.135 e. The summed E-state index contributed by atoms with van der Waals surface area (Å²) in [4.78, 5) is 9.21. The zero-order valence-corrected chi connectivity index (χ0v) is 40.1. The molecule has 3 heterocycles. The van der Waals surface area contributed by atoms with Crippen LogP contribution in [0.15, 0.2) is 145 Å². The van der Waals surface area contributed by atoms with Gasteiger partial charge in [0.05, 0.1) is 13.7 Å². The van der Waals surface area contributed by atoms with Crippen molar-refractivity contribution in [2.24, 2.45) is 23.7 Å². The molecule has 11 rings (SSSR count). The average Bonchev–Trinajstić information content (AvgIpc) is 4.12. The molecule has 2 saturated carbocycles. The van der Waals surface area contributed by atoms with Gasteiger partial charge in [-0.1, -0.05) is 158 Å². The van der Waals surface area contributed by atoms with Crippen LogP contribution in [0.4, 0.5) is 11.4 Å². The van der Waals surface area contributed by atoms with Crippen molar-refractivity contribution in [2.75, 3.05) is 9.80 Å². The molecule has 6 heteroatoms. The molecule has 2 aliphatic carbocycles. The molecule has 0 radical (unpaired) electrons. The van der Waals surface area contributed by atoms with E-state index in [0.29, 0.717) is 23.1 Å². The van der Waals surface area contributed by atoms with Gasteiger partial charge >= 0.3 is 0 Å². The van der Waals surface area contributed by atoms with E-state index in [4.69, 9.17) is 17.9 Å². The molecule has 6 aromatic carbocycles. The maximum atomic E-state index is 9.22. The zero-order chi connectivity index (χ0) is 52.8. The van der Waals surface area contributed by atoms with Crippen LogP contribution < -0.4 is 14.5 Å². The monoisotopic (exact) mass is 1040 g/mol. The zero-order valence-electron chi connectivity index (χ0n) is 47.8. The van der Waals surface area contributed by atoms with Crippen molar-refractivity contribution < 1.29 is 39.5 Å². The summed E-state index contributed by atoms with van der Waals surface area (Å²) in [6.45, 7) is 19.6. The predicted molar refractivity (Wildman–Crippen MR) is 264 cm³/mol. The van der Waals surface area contributed by atoms with Crippen molar-refractivity contribution in [1.82, 2.24) is 9.55 Å². The number of aromatic nitrogens is 2. The van der Waals surface area contributed by atoms with Crippen LogP contribution in [0.25, 0.3) is 49.9 Å². The molecule has 2 bridgehead atoms. The number of hydrogen-bond donors (Lipinski definition) is 0. The van der Waals surface area contributed by atoms with E-state index in [0.717, 1.165) is 50.9 Å². The van der Waals surface area contributed by atoms with Crippen molar-refractivity contribution in [3.8, 4) is 39.6 Å². The third-order valence-corrected chi connectivity index (χ3v) is 14.3. The molecule has 3 aliphatic rings. The Morgan fingerprint density at radius 1 is 0.662 bits per heavy atom. The molecule has 65 heavy (non-hydrogen) atoms. The summed E-state index contributed by atoms with van der Waals surface area (Å²) in [6, 6.07) is 27.9. The van der Waals surface area contributed by atoms with E-state index >= 15 is 0 Å². The van der Waals surface area contributed by atoms with Gasteiger partial charge < -0.3 is 19.1 Å². The fraction of sp³-hybridized carbons (Fsp3) is 0.288. The summed E-state index contributed by atoms with van der Waals surface area (Å²) in [5, 5.41) is 2.08. The average molecular weight is 1040 g/mol. The SMILES string of the molecule is [2H]c1c([2H])c([2H])c(-c2cccc(-c3c([2H])c([2H])c([2H])c([2H])c3[2H])c2N2[CH-]N(c3[c-]c(Oc4[c-]c5c(cc4)c4ccccc4n5-c4cc(C(C)(C)C)ccn4)cc(C(C)(C)C)c3)[C@@H]3C2C2C[C@H]3C(C)C2C)c([2H])c1[2H].[Pt]. The molecule has 0 spiro atoms. The number of benzene rings is 6. The van der Waals surface area contributed by atoms with Gasteiger partial charge in [-0.25, -0.2) is 4.98 Å². The van der Waals surface area contributed by atoms with Crippen LogP contribution in [-0.2, 0) is 31.9 Å². The summed E-state index contributed by atoms with van der Waals surface area (Å²) in [5.74, 6) is 2.71. The van der Waals surface area contributed by atoms with E-state index < -0.39 is 60.4 Å². The van der Waals surface area contributed by atoms with Gasteiger partial charge in [0.25, 0.3) is 0 Å². The fourth-order valence-electron chi connectivity index (χ4n) is 10.8. The Morgan fingerprint density at radius 3 is 1.94 bits per heavy atom. The van der Waals surface area contributed by atoms with Gasteiger partial charge in [-0.2, -0.15) is 12.7 Å². The standard InChI is InChI=1S/C59H57N4O.Pt/c1-37-38(2)51-35-50(37)56-57(51)62(55-46(39-18-11-9-12-19-39)23-17-24-47(55)40-20-13-10-14-21-40)36-61(56)43-30-42(59(6,7)8)31-45(33-43)64-44-26-27-49-48-22-15-16-25-52(48)63(53(49)34-44)54-32-41(28-29-60-54)58(3,4)5;/h9-32,36-38,50-51,56-57H,35H2,1-8H3;/q-3;/t37?,38?,50-,51?,56-,57?;/m0./s1/i9D,10D,11D,12D,13D,14D,18D,19D,20D,21D;. The molecule has 2 aromatic heterocycles. The molecule has 5 nitrogen and oxygen atoms in total. The second kappa shape index (κ2) is 16.4. The summed E-state index contributed by atoms with van der Waals surface area (Å²) < 4.78 is 97.8. The normalized spacial score (nSPS) is 23.7. The first-order valence-electron chi connectivity index (χ1n) is 27.3. The fourth-order valence-corrected chi connectivity index (χ4v) is 10.8. The van der Waals surface area contributed by atoms with Gasteiger partial charge in [0.15, 0.2) is 0 Å². The van der Waals surface area contributed by atoms with Crippen LogP contribution in [0, 0.1) is 42.5 Å². The van der Waals surface area contributed by atoms with E-state index in [2.05, 4.69) is 118 Å². The Hall–Kier alpha value is -5.64. The Balaban J connectivity index is 0.00000641. The number of pyridine rings is 1. The first-order chi connectivity index (χ1) is 35.0. The van der Waals surface area contributed by atoms with Crippen LogP contribution in [0.2, 0.25) is 0 Å². The summed E-state index contributed by atoms with van der Waals surface area (Å²) in [6.07, 6.45) is 2.76. The molecule has 332 valence electrons. The summed E-state index contributed by atoms with van der Waals surface area (Å²) in [5.41, 5.74) is 5.12. The van der Waals surface area contributed by atoms with Crippen LogP contribution in [0.1, 0.15) is 86.6 Å². The van der Waals surface area contributed by atoms with Gasteiger partial charge in [-0.05, 0) is 81.2 Å². The van der Waals surface area contributed by atoms with E-state index in [1.165, 1.54) is 0 Å². The van der Waals surface area contributed by atoms with Crippen molar-refractivity contribution >= 4 is 33.2 Å². The first-order valence-corrected chi connectivity index (χ1v) is 22.3. The largest absolute Gasteiger partial charge is 0.519 e. The van der Waals surface area contributed by atoms with Gasteiger partial charge in [0.1, 0.15) is 5.82 Å². The number of para-hydroxylation sites is 2. The minimum atomic E-state index is -0.531. The number of rotatable bonds is 7. The Morgan fingerprint density at radius 2 is 1.29 bits per heavy atom. The van der Waals surface area contributed by atoms with Crippen molar-refractivity contribution in [2.45, 2.75) is 84.7 Å². The molecular formula is C59H57N4OPt-3. The molecule has 1 aliphatic heterocycles. The van der Waals surface area contributed by atoms with Gasteiger partial charge in [-0.3, -0.25) is 0 Å². The van der Waals surface area contributed by atoms with Gasteiger partial charge in [0.2, 0.25) is 0 Å². The van der Waals surface area contributed by atoms with Crippen LogP contribution >= 0.6 is 0 Å². The van der Waals surface area contributed by atoms with E-state index in [1.807, 2.05) is 37.1 Å². The Bertz CT molecular complexity index is 3500. The number of fused-ring (bicyclic) bond motifs is 8. The van der Waals surface area contributed by atoms with Crippen LogP contribution in [0.3, 0.4) is 0 Å². The van der Waals surface area contributed by atoms with E-state index in [9.17, 15) is 5.48 Å². The number of nitrogens with zero attached hydrogens (tertiary/aromatic N) is 4. The molecule has 0 amide bonds. The number of anilines is 2. The van der Waals surface area contributed by atoms with Crippen molar-refractivity contribution in [1.29, 1.82) is 0 Å². The second-order valence-corrected chi connectivity index (χ2v) is 20.0. The quantitative estimate of drug-likeness (QED) is 0.149. The Labute approximate surface area is 413 Å². The van der Waals surface area contributed by atoms with E-state index in [-0.39, 0.29) is 84.0 Å². The predicted octanol–water partition coefficient (Wildman–Crippen LogP) is 14.6. The molecule has 8 aromatic rings. The number of hydrogen-bond acceptors (Lipinski definition) is 4. The molecule has 1 saturated heterocycles. The molecular weight excluding hydrogens is 976 g/mol. The van der Waals surface area contributed by atoms with Crippen LogP contribution in [-0.4, -0.2) is 21.6 Å². The van der Waals surface area contributed by atoms with Crippen LogP contribution in [0.5, 0.6) is 11.5 Å². The smallest absolute Gasteiger partial charge is 0.135 e. The minimum absolute atomic E-state index is 0. The Kier molecular flexibility index (Phi) is 8.28. The second-order valence-electron chi connectivity index (χ2n) is 20.0. The number of ether oxygens (including phenoxy) is 1. The van der Waals surface area contributed by atoms with Crippen molar-refractivity contribution in [3.05, 3.63) is 175 Å². The van der Waals surface area contributed by atoms with Gasteiger partial charge in [-0.15, -0.1) is 47.0 Å². The third kappa shape index (κ3) is 7.39. The summed E-state index contributed by atoms with van der Waals surface area (Å²) in [7, 11) is 0. The summed E-state index contributed by atoms with van der Waals surface area (Å²) >= 11 is 0. The van der Waals surface area contributed by atoms with E-state index in [1.54, 1.807) is 18.2 Å².